The molecule has 12 heteroatoms. The minimum absolute atomic E-state index is 0.0223. The van der Waals surface area contributed by atoms with Crippen molar-refractivity contribution in [3.63, 3.8) is 0 Å². The van der Waals surface area contributed by atoms with Gasteiger partial charge in [-0.05, 0) is 55.5 Å². The summed E-state index contributed by atoms with van der Waals surface area (Å²) in [6.45, 7) is 2.40. The highest BCUT2D eigenvalue weighted by Gasteiger charge is 2.37. The summed E-state index contributed by atoms with van der Waals surface area (Å²) in [4.78, 5) is 6.61. The average Bonchev–Trinajstić information content (AvgIpc) is 3.08. The van der Waals surface area contributed by atoms with E-state index in [1.54, 1.807) is 37.3 Å². The van der Waals surface area contributed by atoms with Gasteiger partial charge >= 0.3 is 6.18 Å². The summed E-state index contributed by atoms with van der Waals surface area (Å²) in [6.07, 6.45) is -4.55. The van der Waals surface area contributed by atoms with Gasteiger partial charge in [-0.15, -0.1) is 0 Å². The van der Waals surface area contributed by atoms with Crippen molar-refractivity contribution in [1.29, 1.82) is 0 Å². The van der Waals surface area contributed by atoms with Gasteiger partial charge in [0.1, 0.15) is 28.8 Å². The summed E-state index contributed by atoms with van der Waals surface area (Å²) in [6, 6.07) is 14.0. The molecule has 0 radical (unpaired) electrons. The van der Waals surface area contributed by atoms with Crippen molar-refractivity contribution in [2.24, 2.45) is 4.99 Å². The van der Waals surface area contributed by atoms with Crippen LogP contribution in [-0.4, -0.2) is 63.4 Å². The number of nitrogens with zero attached hydrogens (tertiary/aromatic N) is 3. The molecule has 1 saturated heterocycles. The Morgan fingerprint density at radius 2 is 1.67 bits per heavy atom. The van der Waals surface area contributed by atoms with Gasteiger partial charge in [-0.25, -0.2) is 13.4 Å². The number of piperazine rings is 1. The van der Waals surface area contributed by atoms with Gasteiger partial charge in [0.15, 0.2) is 5.75 Å². The lowest BCUT2D eigenvalue weighted by Gasteiger charge is -2.40. The van der Waals surface area contributed by atoms with Crippen molar-refractivity contribution in [3.05, 3.63) is 71.8 Å². The summed E-state index contributed by atoms with van der Waals surface area (Å²) < 4.78 is 85.3. The number of methoxy groups -OCH3 is 2. The second kappa shape index (κ2) is 10.1. The van der Waals surface area contributed by atoms with Gasteiger partial charge in [-0.2, -0.15) is 17.5 Å². The molecule has 0 saturated carbocycles. The highest BCUT2D eigenvalue weighted by atomic mass is 32.2. The zero-order chi connectivity index (χ0) is 27.9. The van der Waals surface area contributed by atoms with Crippen LogP contribution in [0.3, 0.4) is 0 Å². The highest BCUT2D eigenvalue weighted by molar-refractivity contribution is 7.89. The van der Waals surface area contributed by atoms with Crippen LogP contribution in [0.2, 0.25) is 0 Å². The van der Waals surface area contributed by atoms with E-state index in [0.717, 1.165) is 12.1 Å². The third-order valence-corrected chi connectivity index (χ3v) is 8.68. The molecule has 0 spiro atoms. The van der Waals surface area contributed by atoms with E-state index in [2.05, 4.69) is 4.99 Å². The Kier molecular flexibility index (Phi) is 6.93. The number of rotatable bonds is 4. The van der Waals surface area contributed by atoms with E-state index in [9.17, 15) is 21.6 Å². The molecule has 0 bridgehead atoms. The molecule has 1 unspecified atom stereocenters. The first-order chi connectivity index (χ1) is 18.5. The first-order valence-electron chi connectivity index (χ1n) is 12.1. The minimum Gasteiger partial charge on any atom is -0.497 e. The molecule has 2 aliphatic rings. The molecule has 1 atom stereocenters. The quantitative estimate of drug-likeness (QED) is 0.430. The fourth-order valence-electron chi connectivity index (χ4n) is 4.69. The molecule has 0 aromatic heterocycles. The maximum atomic E-state index is 13.5. The number of hydrogen-bond acceptors (Lipinski definition) is 7. The molecule has 3 aromatic rings. The van der Waals surface area contributed by atoms with Crippen LogP contribution in [0.4, 0.5) is 18.9 Å². The number of fused-ring (bicyclic) bond motifs is 2. The van der Waals surface area contributed by atoms with Crippen LogP contribution in [0.25, 0.3) is 0 Å². The van der Waals surface area contributed by atoms with E-state index in [-0.39, 0.29) is 36.0 Å². The molecule has 0 amide bonds. The molecule has 0 N–H and O–H groups in total. The zero-order valence-electron chi connectivity index (χ0n) is 21.4. The standard InChI is InChI=1S/C27H26F3N3O5S/c1-17-16-32(11-12-33(17)39(34,35)21-6-4-5-19(14-21)36-2)26-22-15-20(37-3)8-10-24(22)38-25-9-7-18(27(28,29)30)13-23(25)31-26/h4-10,13-15,17H,11-12,16H2,1-3H3. The maximum Gasteiger partial charge on any atom is 0.416 e. The van der Waals surface area contributed by atoms with Gasteiger partial charge in [0.2, 0.25) is 10.0 Å². The number of alkyl halides is 3. The lowest BCUT2D eigenvalue weighted by molar-refractivity contribution is -0.137. The van der Waals surface area contributed by atoms with Gasteiger partial charge in [-0.1, -0.05) is 6.07 Å². The van der Waals surface area contributed by atoms with Crippen molar-refractivity contribution >= 4 is 21.5 Å². The van der Waals surface area contributed by atoms with E-state index in [4.69, 9.17) is 14.2 Å². The first kappa shape index (κ1) is 26.8. The van der Waals surface area contributed by atoms with E-state index in [1.165, 1.54) is 36.7 Å². The molecule has 2 aliphatic heterocycles. The molecule has 5 rings (SSSR count). The molecule has 8 nitrogen and oxygen atoms in total. The summed E-state index contributed by atoms with van der Waals surface area (Å²) in [7, 11) is -0.860. The maximum absolute atomic E-state index is 13.5. The Morgan fingerprint density at radius 3 is 2.36 bits per heavy atom. The second-order valence-electron chi connectivity index (χ2n) is 9.17. The lowest BCUT2D eigenvalue weighted by Crippen LogP contribution is -2.55. The van der Waals surface area contributed by atoms with Crippen LogP contribution in [-0.2, 0) is 16.2 Å². The van der Waals surface area contributed by atoms with Gasteiger partial charge in [0, 0.05) is 31.7 Å². The molecule has 1 fully saturated rings. The predicted molar refractivity (Wildman–Crippen MR) is 139 cm³/mol. The number of benzene rings is 3. The van der Waals surface area contributed by atoms with Crippen LogP contribution >= 0.6 is 0 Å². The highest BCUT2D eigenvalue weighted by Crippen LogP contribution is 2.42. The summed E-state index contributed by atoms with van der Waals surface area (Å²) in [5.41, 5.74) is -0.302. The van der Waals surface area contributed by atoms with Crippen molar-refractivity contribution < 1.29 is 35.8 Å². The molecule has 206 valence electrons. The van der Waals surface area contributed by atoms with Crippen molar-refractivity contribution in [2.75, 3.05) is 33.9 Å². The molecular formula is C27H26F3N3O5S. The minimum atomic E-state index is -4.55. The Labute approximate surface area is 224 Å². The van der Waals surface area contributed by atoms with Crippen LogP contribution < -0.4 is 14.2 Å². The number of halogens is 3. The number of aliphatic imine (C=N–C) groups is 1. The normalized spacial score (nSPS) is 17.8. The Bertz CT molecular complexity index is 1540. The monoisotopic (exact) mass is 561 g/mol. The molecule has 0 aliphatic carbocycles. The third-order valence-electron chi connectivity index (χ3n) is 6.67. The molecular weight excluding hydrogens is 535 g/mol. The van der Waals surface area contributed by atoms with Gasteiger partial charge < -0.3 is 19.1 Å². The SMILES string of the molecule is COc1cccc(S(=O)(=O)N2CCN(C3=Nc4cc(C(F)(F)F)ccc4Oc4ccc(OC)cc43)CC2C)c1. The number of hydrogen-bond donors (Lipinski definition) is 0. The average molecular weight is 562 g/mol. The van der Waals surface area contributed by atoms with Crippen LogP contribution in [0.15, 0.2) is 70.6 Å². The van der Waals surface area contributed by atoms with Crippen LogP contribution in [0.5, 0.6) is 23.0 Å². The van der Waals surface area contributed by atoms with E-state index >= 15 is 0 Å². The van der Waals surface area contributed by atoms with Gasteiger partial charge in [0.25, 0.3) is 0 Å². The second-order valence-corrected chi connectivity index (χ2v) is 11.1. The number of ether oxygens (including phenoxy) is 3. The third kappa shape index (κ3) is 5.13. The van der Waals surface area contributed by atoms with Crippen molar-refractivity contribution in [2.45, 2.75) is 24.0 Å². The van der Waals surface area contributed by atoms with E-state index in [1.807, 2.05) is 4.90 Å². The van der Waals surface area contributed by atoms with E-state index in [0.29, 0.717) is 28.6 Å². The Balaban J connectivity index is 1.52. The van der Waals surface area contributed by atoms with Crippen molar-refractivity contribution in [3.8, 4) is 23.0 Å². The van der Waals surface area contributed by atoms with Crippen LogP contribution in [0.1, 0.15) is 18.1 Å². The topological polar surface area (TPSA) is 80.7 Å². The molecule has 2 heterocycles. The van der Waals surface area contributed by atoms with E-state index < -0.39 is 27.8 Å². The van der Waals surface area contributed by atoms with Gasteiger partial charge in [-0.3, -0.25) is 0 Å². The number of sulfonamides is 1. The Morgan fingerprint density at radius 1 is 0.949 bits per heavy atom. The van der Waals surface area contributed by atoms with Crippen molar-refractivity contribution in [1.82, 2.24) is 9.21 Å². The fourth-order valence-corrected chi connectivity index (χ4v) is 6.34. The van der Waals surface area contributed by atoms with Crippen LogP contribution in [0, 0.1) is 0 Å². The Hall–Kier alpha value is -3.77. The summed E-state index contributed by atoms with van der Waals surface area (Å²) in [5.74, 6) is 1.88. The first-order valence-corrected chi connectivity index (χ1v) is 13.5. The number of amidine groups is 1. The summed E-state index contributed by atoms with van der Waals surface area (Å²) in [5, 5.41) is 0. The zero-order valence-corrected chi connectivity index (χ0v) is 22.2. The largest absolute Gasteiger partial charge is 0.497 e. The summed E-state index contributed by atoms with van der Waals surface area (Å²) >= 11 is 0. The molecule has 3 aromatic carbocycles. The smallest absolute Gasteiger partial charge is 0.416 e. The lowest BCUT2D eigenvalue weighted by atomic mass is 10.1. The molecule has 39 heavy (non-hydrogen) atoms. The predicted octanol–water partition coefficient (Wildman–Crippen LogP) is 5.30. The fraction of sp³-hybridized carbons (Fsp3) is 0.296. The van der Waals surface area contributed by atoms with Gasteiger partial charge in [0.05, 0.1) is 30.2 Å².